The molecular formula is C20H23N3O3S3. The van der Waals surface area contributed by atoms with E-state index in [9.17, 15) is 13.2 Å². The van der Waals surface area contributed by atoms with Crippen molar-refractivity contribution in [2.45, 2.75) is 30.4 Å². The Bertz CT molecular complexity index is 1040. The second-order valence-electron chi connectivity index (χ2n) is 6.49. The van der Waals surface area contributed by atoms with E-state index in [0.29, 0.717) is 21.2 Å². The molecule has 0 atom stereocenters. The second kappa shape index (κ2) is 10.1. The molecule has 0 amide bonds. The molecule has 9 heteroatoms. The largest absolute Gasteiger partial charge is 0.362 e. The van der Waals surface area contributed by atoms with Gasteiger partial charge in [0, 0.05) is 18.7 Å². The molecule has 3 rings (SSSR count). The van der Waals surface area contributed by atoms with Gasteiger partial charge in [0.1, 0.15) is 4.21 Å². The van der Waals surface area contributed by atoms with Crippen molar-refractivity contribution >= 4 is 43.6 Å². The summed E-state index contributed by atoms with van der Waals surface area (Å²) in [6, 6.07) is 10.9. The van der Waals surface area contributed by atoms with E-state index in [1.165, 1.54) is 22.7 Å². The fourth-order valence-electron chi connectivity index (χ4n) is 2.74. The lowest BCUT2D eigenvalue weighted by molar-refractivity contribution is 0.104. The van der Waals surface area contributed by atoms with Crippen LogP contribution in [0.3, 0.4) is 0 Å². The lowest BCUT2D eigenvalue weighted by atomic mass is 10.0. The first kappa shape index (κ1) is 21.6. The third-order valence-electron chi connectivity index (χ3n) is 4.30. The van der Waals surface area contributed by atoms with Gasteiger partial charge < -0.3 is 5.32 Å². The summed E-state index contributed by atoms with van der Waals surface area (Å²) in [6.45, 7) is 3.07. The Hall–Kier alpha value is -2.07. The minimum atomic E-state index is -3.37. The summed E-state index contributed by atoms with van der Waals surface area (Å²) in [6.07, 6.45) is 4.16. The molecule has 2 N–H and O–H groups in total. The van der Waals surface area contributed by atoms with Crippen molar-refractivity contribution in [3.8, 4) is 0 Å². The van der Waals surface area contributed by atoms with Crippen LogP contribution in [0.15, 0.2) is 52.2 Å². The number of sulfonamides is 1. The third-order valence-corrected chi connectivity index (χ3v) is 8.11. The van der Waals surface area contributed by atoms with Gasteiger partial charge in [0.15, 0.2) is 5.13 Å². The van der Waals surface area contributed by atoms with Crippen LogP contribution in [0.4, 0.5) is 5.13 Å². The fraction of sp³-hybridized carbons (Fsp3) is 0.300. The number of hydrogen-bond donors (Lipinski definition) is 2. The van der Waals surface area contributed by atoms with Crippen molar-refractivity contribution in [1.29, 1.82) is 0 Å². The van der Waals surface area contributed by atoms with Gasteiger partial charge in [-0.25, -0.2) is 18.1 Å². The molecule has 2 aromatic heterocycles. The normalized spacial score (nSPS) is 11.5. The van der Waals surface area contributed by atoms with Gasteiger partial charge in [0.05, 0.1) is 11.1 Å². The van der Waals surface area contributed by atoms with E-state index in [1.54, 1.807) is 23.7 Å². The van der Waals surface area contributed by atoms with Gasteiger partial charge >= 0.3 is 0 Å². The maximum atomic E-state index is 12.6. The molecule has 0 saturated heterocycles. The number of aromatic nitrogens is 1. The van der Waals surface area contributed by atoms with Crippen LogP contribution < -0.4 is 10.0 Å². The molecule has 0 fully saturated rings. The van der Waals surface area contributed by atoms with Crippen LogP contribution in [0.5, 0.6) is 0 Å². The number of benzene rings is 1. The second-order valence-corrected chi connectivity index (χ2v) is 10.5. The summed E-state index contributed by atoms with van der Waals surface area (Å²) >= 11 is 2.56. The zero-order valence-corrected chi connectivity index (χ0v) is 18.5. The monoisotopic (exact) mass is 449 g/mol. The lowest BCUT2D eigenvalue weighted by Gasteiger charge is -2.05. The van der Waals surface area contributed by atoms with Crippen LogP contribution in [0.2, 0.25) is 0 Å². The zero-order chi connectivity index (χ0) is 20.7. The fourth-order valence-corrected chi connectivity index (χ4v) is 5.64. The molecule has 154 valence electrons. The van der Waals surface area contributed by atoms with Crippen LogP contribution in [0.1, 0.15) is 40.1 Å². The first-order chi connectivity index (χ1) is 14.0. The number of carbonyl (C=O) groups is 1. The highest BCUT2D eigenvalue weighted by Gasteiger charge is 2.15. The molecule has 0 radical (unpaired) electrons. The predicted octanol–water partition coefficient (Wildman–Crippen LogP) is 4.30. The van der Waals surface area contributed by atoms with Crippen molar-refractivity contribution in [2.24, 2.45) is 0 Å². The van der Waals surface area contributed by atoms with Crippen molar-refractivity contribution < 1.29 is 13.2 Å². The quantitative estimate of drug-likeness (QED) is 0.336. The van der Waals surface area contributed by atoms with Crippen molar-refractivity contribution in [3.63, 3.8) is 0 Å². The molecule has 3 aromatic rings. The number of hydrogen-bond acceptors (Lipinski definition) is 7. The van der Waals surface area contributed by atoms with Gasteiger partial charge in [0.2, 0.25) is 15.8 Å². The van der Waals surface area contributed by atoms with Crippen molar-refractivity contribution in [2.75, 3.05) is 18.4 Å². The summed E-state index contributed by atoms with van der Waals surface area (Å²) in [5.74, 6) is -0.00771. The van der Waals surface area contributed by atoms with Crippen LogP contribution >= 0.6 is 22.7 Å². The Kier molecular flexibility index (Phi) is 7.54. The van der Waals surface area contributed by atoms with Gasteiger partial charge in [0.25, 0.3) is 0 Å². The molecule has 1 aromatic carbocycles. The Morgan fingerprint density at radius 3 is 2.62 bits per heavy atom. The van der Waals surface area contributed by atoms with E-state index >= 15 is 0 Å². The maximum absolute atomic E-state index is 12.6. The van der Waals surface area contributed by atoms with Crippen molar-refractivity contribution in [3.05, 3.63) is 64.0 Å². The molecule has 0 aliphatic rings. The van der Waals surface area contributed by atoms with Crippen LogP contribution in [0, 0.1) is 6.92 Å². The highest BCUT2D eigenvalue weighted by molar-refractivity contribution is 7.91. The van der Waals surface area contributed by atoms with E-state index in [1.807, 2.05) is 31.2 Å². The topological polar surface area (TPSA) is 88.2 Å². The SMILES string of the molecule is Cc1ccccc1C(=O)c1cnc(NCCCCCNS(=O)(=O)c2cccs2)s1. The number of aryl methyl sites for hydroxylation is 1. The minimum absolute atomic E-state index is 0.00771. The molecule has 0 aliphatic carbocycles. The Morgan fingerprint density at radius 1 is 1.07 bits per heavy atom. The highest BCUT2D eigenvalue weighted by atomic mass is 32.2. The number of carbonyl (C=O) groups excluding carboxylic acids is 1. The average Bonchev–Trinajstić information content (AvgIpc) is 3.40. The Morgan fingerprint density at radius 2 is 1.86 bits per heavy atom. The summed E-state index contributed by atoms with van der Waals surface area (Å²) in [7, 11) is -3.37. The number of nitrogens with one attached hydrogen (secondary N) is 2. The molecule has 0 saturated carbocycles. The number of anilines is 1. The number of unbranched alkanes of at least 4 members (excludes halogenated alkanes) is 2. The summed E-state index contributed by atoms with van der Waals surface area (Å²) in [5, 5.41) is 5.71. The summed E-state index contributed by atoms with van der Waals surface area (Å²) in [5.41, 5.74) is 1.66. The predicted molar refractivity (Wildman–Crippen MR) is 119 cm³/mol. The maximum Gasteiger partial charge on any atom is 0.250 e. The highest BCUT2D eigenvalue weighted by Crippen LogP contribution is 2.22. The summed E-state index contributed by atoms with van der Waals surface area (Å²) < 4.78 is 27.0. The minimum Gasteiger partial charge on any atom is -0.362 e. The number of rotatable bonds is 11. The van der Waals surface area contributed by atoms with Gasteiger partial charge in [-0.15, -0.1) is 11.3 Å². The number of nitrogens with zero attached hydrogens (tertiary/aromatic N) is 1. The molecule has 0 unspecified atom stereocenters. The van der Waals surface area contributed by atoms with E-state index < -0.39 is 10.0 Å². The molecule has 0 spiro atoms. The van der Waals surface area contributed by atoms with E-state index in [4.69, 9.17) is 0 Å². The van der Waals surface area contributed by atoms with E-state index in [0.717, 1.165) is 36.5 Å². The molecule has 6 nitrogen and oxygen atoms in total. The summed E-state index contributed by atoms with van der Waals surface area (Å²) in [4.78, 5) is 17.5. The molecule has 2 heterocycles. The smallest absolute Gasteiger partial charge is 0.250 e. The van der Waals surface area contributed by atoms with Crippen molar-refractivity contribution in [1.82, 2.24) is 9.71 Å². The third kappa shape index (κ3) is 5.96. The van der Waals surface area contributed by atoms with Gasteiger partial charge in [-0.05, 0) is 36.8 Å². The molecule has 0 bridgehead atoms. The zero-order valence-electron chi connectivity index (χ0n) is 16.1. The lowest BCUT2D eigenvalue weighted by Crippen LogP contribution is -2.24. The number of thiophene rings is 1. The van der Waals surface area contributed by atoms with Crippen LogP contribution in [-0.4, -0.2) is 32.3 Å². The van der Waals surface area contributed by atoms with E-state index in [-0.39, 0.29) is 5.78 Å². The number of thiazole rings is 1. The molecule has 29 heavy (non-hydrogen) atoms. The Labute approximate surface area is 179 Å². The Balaban J connectivity index is 1.36. The first-order valence-corrected chi connectivity index (χ1v) is 12.5. The standard InChI is InChI=1S/C20H23N3O3S3/c1-15-8-3-4-9-16(15)19(24)17-14-22-20(28-17)21-11-5-2-6-12-23-29(25,26)18-10-7-13-27-18/h3-4,7-10,13-14,23H,2,5-6,11-12H2,1H3,(H,21,22). The van der Waals surface area contributed by atoms with Gasteiger partial charge in [-0.1, -0.05) is 48.1 Å². The number of ketones is 1. The van der Waals surface area contributed by atoms with Crippen LogP contribution in [-0.2, 0) is 10.0 Å². The molecular weight excluding hydrogens is 426 g/mol. The first-order valence-electron chi connectivity index (χ1n) is 9.30. The van der Waals surface area contributed by atoms with Gasteiger partial charge in [-0.2, -0.15) is 0 Å². The molecule has 0 aliphatic heterocycles. The average molecular weight is 450 g/mol. The van der Waals surface area contributed by atoms with Gasteiger partial charge in [-0.3, -0.25) is 4.79 Å². The van der Waals surface area contributed by atoms with Crippen LogP contribution in [0.25, 0.3) is 0 Å². The van der Waals surface area contributed by atoms with E-state index in [2.05, 4.69) is 15.0 Å².